The first-order valence-corrected chi connectivity index (χ1v) is 6.70. The second kappa shape index (κ2) is 4.93. The molecule has 1 aliphatic rings. The Balaban J connectivity index is 1.81. The van der Waals surface area contributed by atoms with E-state index >= 15 is 0 Å². The lowest BCUT2D eigenvalue weighted by Crippen LogP contribution is -2.14. The van der Waals surface area contributed by atoms with E-state index in [1.165, 1.54) is 18.2 Å². The van der Waals surface area contributed by atoms with Gasteiger partial charge in [-0.2, -0.15) is 0 Å². The van der Waals surface area contributed by atoms with Crippen molar-refractivity contribution >= 4 is 28.8 Å². The molecule has 5 nitrogen and oxygen atoms in total. The molecule has 1 aromatic heterocycles. The number of nitrogens with one attached hydrogen (secondary N) is 2. The first kappa shape index (κ1) is 12.0. The van der Waals surface area contributed by atoms with Crippen molar-refractivity contribution in [2.75, 3.05) is 10.6 Å². The van der Waals surface area contributed by atoms with Crippen molar-refractivity contribution in [3.63, 3.8) is 0 Å². The van der Waals surface area contributed by atoms with Crippen LogP contribution >= 0.6 is 11.5 Å². The Morgan fingerprint density at radius 1 is 1.37 bits per heavy atom. The molecule has 0 atom stereocenters. The molecular weight excluding hydrogens is 267 g/mol. The third-order valence-corrected chi connectivity index (χ3v) is 3.26. The van der Waals surface area contributed by atoms with Crippen LogP contribution in [0.4, 0.5) is 15.8 Å². The summed E-state index contributed by atoms with van der Waals surface area (Å²) in [6.07, 6.45) is 2.14. The topological polar surface area (TPSA) is 66.9 Å². The summed E-state index contributed by atoms with van der Waals surface area (Å²) in [4.78, 5) is 11.9. The van der Waals surface area contributed by atoms with E-state index in [2.05, 4.69) is 20.2 Å². The molecule has 0 spiro atoms. The standard InChI is InChI=1S/C12H11FN4OS/c13-7-1-4-9(10(5-7)14-8-2-3-8)15-12(18)11-6-19-17-16-11/h1,4-6,8,14H,2-3H2,(H,15,18). The number of benzene rings is 1. The minimum atomic E-state index is -0.348. The third-order valence-electron chi connectivity index (χ3n) is 2.76. The second-order valence-electron chi connectivity index (χ2n) is 4.35. The lowest BCUT2D eigenvalue weighted by molar-refractivity contribution is 0.102. The Labute approximate surface area is 113 Å². The fourth-order valence-corrected chi connectivity index (χ4v) is 2.08. The van der Waals surface area contributed by atoms with Crippen molar-refractivity contribution in [1.29, 1.82) is 0 Å². The Bertz CT molecular complexity index is 598. The minimum Gasteiger partial charge on any atom is -0.381 e. The van der Waals surface area contributed by atoms with E-state index in [-0.39, 0.29) is 17.4 Å². The molecule has 0 saturated heterocycles. The second-order valence-corrected chi connectivity index (χ2v) is 4.96. The van der Waals surface area contributed by atoms with E-state index in [0.717, 1.165) is 24.4 Å². The molecular formula is C12H11FN4OS. The van der Waals surface area contributed by atoms with Gasteiger partial charge < -0.3 is 10.6 Å². The summed E-state index contributed by atoms with van der Waals surface area (Å²) in [5.74, 6) is -0.685. The summed E-state index contributed by atoms with van der Waals surface area (Å²) in [5.41, 5.74) is 1.40. The first-order valence-electron chi connectivity index (χ1n) is 5.87. The van der Waals surface area contributed by atoms with Gasteiger partial charge in [-0.05, 0) is 42.6 Å². The Morgan fingerprint density at radius 2 is 2.21 bits per heavy atom. The van der Waals surface area contributed by atoms with Crippen LogP contribution in [0.15, 0.2) is 23.6 Å². The number of amides is 1. The number of anilines is 2. The number of aromatic nitrogens is 2. The van der Waals surface area contributed by atoms with Crippen LogP contribution in [0.1, 0.15) is 23.3 Å². The van der Waals surface area contributed by atoms with Crippen LogP contribution in [-0.4, -0.2) is 21.5 Å². The monoisotopic (exact) mass is 278 g/mol. The van der Waals surface area contributed by atoms with Crippen LogP contribution in [0.25, 0.3) is 0 Å². The van der Waals surface area contributed by atoms with Crippen molar-refractivity contribution in [1.82, 2.24) is 9.59 Å². The summed E-state index contributed by atoms with van der Waals surface area (Å²) in [6.45, 7) is 0. The van der Waals surface area contributed by atoms with Crippen molar-refractivity contribution in [2.45, 2.75) is 18.9 Å². The average Bonchev–Trinajstić information content (AvgIpc) is 3.03. The summed E-state index contributed by atoms with van der Waals surface area (Å²) in [7, 11) is 0. The van der Waals surface area contributed by atoms with Gasteiger partial charge >= 0.3 is 0 Å². The number of rotatable bonds is 4. The van der Waals surface area contributed by atoms with Gasteiger partial charge in [0.15, 0.2) is 5.69 Å². The molecule has 98 valence electrons. The van der Waals surface area contributed by atoms with Gasteiger partial charge in [-0.25, -0.2) is 4.39 Å². The quantitative estimate of drug-likeness (QED) is 0.901. The van der Waals surface area contributed by atoms with Crippen molar-refractivity contribution in [2.24, 2.45) is 0 Å². The van der Waals surface area contributed by atoms with E-state index in [9.17, 15) is 9.18 Å². The number of carbonyl (C=O) groups excluding carboxylic acids is 1. The number of nitrogens with zero attached hydrogens (tertiary/aromatic N) is 2. The Morgan fingerprint density at radius 3 is 2.89 bits per heavy atom. The van der Waals surface area contributed by atoms with Crippen LogP contribution in [0.3, 0.4) is 0 Å². The van der Waals surface area contributed by atoms with Crippen molar-refractivity contribution in [3.8, 4) is 0 Å². The highest BCUT2D eigenvalue weighted by Crippen LogP contribution is 2.30. The molecule has 1 aromatic carbocycles. The molecule has 2 N–H and O–H groups in total. The fraction of sp³-hybridized carbons (Fsp3) is 0.250. The zero-order chi connectivity index (χ0) is 13.2. The van der Waals surface area contributed by atoms with E-state index in [4.69, 9.17) is 0 Å². The SMILES string of the molecule is O=C(Nc1ccc(F)cc1NC1CC1)c1csnn1. The van der Waals surface area contributed by atoms with Crippen LogP contribution in [-0.2, 0) is 0 Å². The molecule has 7 heteroatoms. The van der Waals surface area contributed by atoms with Gasteiger partial charge in [0.05, 0.1) is 11.4 Å². The van der Waals surface area contributed by atoms with Gasteiger partial charge in [0.25, 0.3) is 5.91 Å². The maximum absolute atomic E-state index is 13.3. The molecule has 1 heterocycles. The minimum absolute atomic E-state index is 0.256. The van der Waals surface area contributed by atoms with Gasteiger partial charge in [-0.1, -0.05) is 4.49 Å². The maximum Gasteiger partial charge on any atom is 0.277 e. The number of hydrogen-bond acceptors (Lipinski definition) is 5. The summed E-state index contributed by atoms with van der Waals surface area (Å²) in [6, 6.07) is 4.61. The van der Waals surface area contributed by atoms with E-state index in [1.807, 2.05) is 0 Å². The van der Waals surface area contributed by atoms with Gasteiger partial charge in [-0.15, -0.1) is 5.10 Å². The number of carbonyl (C=O) groups is 1. The zero-order valence-corrected chi connectivity index (χ0v) is 10.7. The Hall–Kier alpha value is -2.02. The lowest BCUT2D eigenvalue weighted by Gasteiger charge is -2.12. The molecule has 3 rings (SSSR count). The van der Waals surface area contributed by atoms with E-state index in [0.29, 0.717) is 17.4 Å². The molecule has 1 amide bonds. The molecule has 0 aliphatic heterocycles. The Kier molecular flexibility index (Phi) is 3.12. The average molecular weight is 278 g/mol. The zero-order valence-electron chi connectivity index (χ0n) is 9.89. The molecule has 0 unspecified atom stereocenters. The molecule has 19 heavy (non-hydrogen) atoms. The normalized spacial score (nSPS) is 14.2. The van der Waals surface area contributed by atoms with E-state index < -0.39 is 0 Å². The molecule has 1 aliphatic carbocycles. The molecule has 0 bridgehead atoms. The summed E-state index contributed by atoms with van der Waals surface area (Å²) >= 11 is 1.11. The van der Waals surface area contributed by atoms with Crippen LogP contribution < -0.4 is 10.6 Å². The largest absolute Gasteiger partial charge is 0.381 e. The molecule has 1 saturated carbocycles. The summed E-state index contributed by atoms with van der Waals surface area (Å²) < 4.78 is 16.9. The first-order chi connectivity index (χ1) is 9.22. The van der Waals surface area contributed by atoms with Gasteiger partial charge in [0, 0.05) is 11.4 Å². The highest BCUT2D eigenvalue weighted by molar-refractivity contribution is 7.03. The molecule has 1 fully saturated rings. The smallest absolute Gasteiger partial charge is 0.277 e. The predicted molar refractivity (Wildman–Crippen MR) is 70.9 cm³/mol. The number of halogens is 1. The maximum atomic E-state index is 13.3. The number of hydrogen-bond donors (Lipinski definition) is 2. The molecule has 0 radical (unpaired) electrons. The van der Waals surface area contributed by atoms with Crippen molar-refractivity contribution in [3.05, 3.63) is 35.1 Å². The highest BCUT2D eigenvalue weighted by Gasteiger charge is 2.22. The summed E-state index contributed by atoms with van der Waals surface area (Å²) in [5, 5.41) is 11.2. The van der Waals surface area contributed by atoms with Crippen LogP contribution in [0, 0.1) is 5.82 Å². The highest BCUT2D eigenvalue weighted by atomic mass is 32.1. The molecule has 2 aromatic rings. The predicted octanol–water partition coefficient (Wildman–Crippen LogP) is 2.50. The van der Waals surface area contributed by atoms with Gasteiger partial charge in [0.2, 0.25) is 0 Å². The fourth-order valence-electron chi connectivity index (χ4n) is 1.64. The van der Waals surface area contributed by atoms with Crippen LogP contribution in [0.2, 0.25) is 0 Å². The third kappa shape index (κ3) is 2.87. The van der Waals surface area contributed by atoms with Gasteiger partial charge in [-0.3, -0.25) is 4.79 Å². The van der Waals surface area contributed by atoms with E-state index in [1.54, 1.807) is 5.38 Å². The van der Waals surface area contributed by atoms with Crippen LogP contribution in [0.5, 0.6) is 0 Å². The van der Waals surface area contributed by atoms with Crippen molar-refractivity contribution < 1.29 is 9.18 Å². The van der Waals surface area contributed by atoms with Gasteiger partial charge in [0.1, 0.15) is 5.82 Å². The lowest BCUT2D eigenvalue weighted by atomic mass is 10.2.